The standard InChI is InChI=1S/C12H21N5O/c1-7(2)10-15-11(13)17-12(16-10)14-9-5-3-4-8(9)6-18/h7-9,18H,3-6H2,1-2H3,(H3,13,14,15,16,17). The van der Waals surface area contributed by atoms with Crippen LogP contribution < -0.4 is 11.1 Å². The lowest BCUT2D eigenvalue weighted by Gasteiger charge is -2.19. The van der Waals surface area contributed by atoms with Crippen LogP contribution in [0.4, 0.5) is 11.9 Å². The third-order valence-corrected chi connectivity index (χ3v) is 3.39. The third-order valence-electron chi connectivity index (χ3n) is 3.39. The van der Waals surface area contributed by atoms with Crippen LogP contribution in [0.25, 0.3) is 0 Å². The predicted molar refractivity (Wildman–Crippen MR) is 70.2 cm³/mol. The number of anilines is 2. The Morgan fingerprint density at radius 2 is 2.11 bits per heavy atom. The number of aliphatic hydroxyl groups is 1. The minimum Gasteiger partial charge on any atom is -0.396 e. The molecule has 0 radical (unpaired) electrons. The van der Waals surface area contributed by atoms with Crippen LogP contribution in [0.2, 0.25) is 0 Å². The average molecular weight is 251 g/mol. The highest BCUT2D eigenvalue weighted by Gasteiger charge is 2.27. The van der Waals surface area contributed by atoms with Gasteiger partial charge in [0, 0.05) is 24.5 Å². The number of aliphatic hydroxyl groups excluding tert-OH is 1. The zero-order valence-electron chi connectivity index (χ0n) is 10.9. The molecule has 1 saturated carbocycles. The summed E-state index contributed by atoms with van der Waals surface area (Å²) in [6.07, 6.45) is 3.21. The largest absolute Gasteiger partial charge is 0.396 e. The number of nitrogen functional groups attached to an aromatic ring is 1. The molecule has 1 fully saturated rings. The van der Waals surface area contributed by atoms with Crippen molar-refractivity contribution >= 4 is 11.9 Å². The molecule has 2 rings (SSSR count). The highest BCUT2D eigenvalue weighted by molar-refractivity contribution is 5.33. The Labute approximate surface area is 107 Å². The Morgan fingerprint density at radius 3 is 2.78 bits per heavy atom. The maximum absolute atomic E-state index is 9.29. The van der Waals surface area contributed by atoms with Crippen LogP contribution in [0.15, 0.2) is 0 Å². The normalized spacial score (nSPS) is 23.6. The molecule has 100 valence electrons. The van der Waals surface area contributed by atoms with Gasteiger partial charge in [-0.25, -0.2) is 0 Å². The van der Waals surface area contributed by atoms with Crippen molar-refractivity contribution in [2.45, 2.75) is 45.1 Å². The van der Waals surface area contributed by atoms with Crippen LogP contribution in [0, 0.1) is 5.92 Å². The van der Waals surface area contributed by atoms with Crippen LogP contribution in [-0.4, -0.2) is 32.7 Å². The zero-order valence-corrected chi connectivity index (χ0v) is 10.9. The van der Waals surface area contributed by atoms with Crippen molar-refractivity contribution in [2.24, 2.45) is 5.92 Å². The van der Waals surface area contributed by atoms with Crippen LogP contribution >= 0.6 is 0 Å². The maximum atomic E-state index is 9.29. The van der Waals surface area contributed by atoms with Crippen molar-refractivity contribution in [3.8, 4) is 0 Å². The fraction of sp³-hybridized carbons (Fsp3) is 0.750. The van der Waals surface area contributed by atoms with Gasteiger partial charge in [0.1, 0.15) is 5.82 Å². The summed E-state index contributed by atoms with van der Waals surface area (Å²) in [4.78, 5) is 12.6. The lowest BCUT2D eigenvalue weighted by Crippen LogP contribution is -2.27. The molecule has 2 unspecified atom stereocenters. The Bertz CT molecular complexity index is 409. The van der Waals surface area contributed by atoms with E-state index in [1.165, 1.54) is 0 Å². The smallest absolute Gasteiger partial charge is 0.227 e. The van der Waals surface area contributed by atoms with E-state index in [1.54, 1.807) is 0 Å². The first-order valence-corrected chi connectivity index (χ1v) is 6.49. The molecular formula is C12H21N5O. The van der Waals surface area contributed by atoms with Gasteiger partial charge in [-0.3, -0.25) is 0 Å². The summed E-state index contributed by atoms with van der Waals surface area (Å²) in [5, 5.41) is 12.6. The Kier molecular flexibility index (Phi) is 3.96. The number of nitrogens with zero attached hydrogens (tertiary/aromatic N) is 3. The molecule has 6 heteroatoms. The summed E-state index contributed by atoms with van der Waals surface area (Å²) in [6, 6.07) is 0.233. The van der Waals surface area contributed by atoms with E-state index in [0.29, 0.717) is 11.8 Å². The zero-order chi connectivity index (χ0) is 13.1. The number of hydrogen-bond donors (Lipinski definition) is 3. The molecule has 0 bridgehead atoms. The van der Waals surface area contributed by atoms with Gasteiger partial charge in [0.25, 0.3) is 0 Å². The van der Waals surface area contributed by atoms with E-state index in [-0.39, 0.29) is 30.4 Å². The number of aromatic nitrogens is 3. The fourth-order valence-corrected chi connectivity index (χ4v) is 2.34. The molecule has 4 N–H and O–H groups in total. The first kappa shape index (κ1) is 13.0. The van der Waals surface area contributed by atoms with Crippen LogP contribution in [-0.2, 0) is 0 Å². The second kappa shape index (κ2) is 5.48. The van der Waals surface area contributed by atoms with Crippen LogP contribution in [0.3, 0.4) is 0 Å². The van der Waals surface area contributed by atoms with Gasteiger partial charge in [0.15, 0.2) is 0 Å². The summed E-state index contributed by atoms with van der Waals surface area (Å²) in [6.45, 7) is 4.24. The summed E-state index contributed by atoms with van der Waals surface area (Å²) in [7, 11) is 0. The lowest BCUT2D eigenvalue weighted by atomic mass is 10.1. The highest BCUT2D eigenvalue weighted by Crippen LogP contribution is 2.27. The summed E-state index contributed by atoms with van der Waals surface area (Å²) in [5.74, 6) is 1.97. The molecule has 1 heterocycles. The maximum Gasteiger partial charge on any atom is 0.227 e. The van der Waals surface area contributed by atoms with E-state index in [9.17, 15) is 5.11 Å². The highest BCUT2D eigenvalue weighted by atomic mass is 16.3. The van der Waals surface area contributed by atoms with Crippen molar-refractivity contribution < 1.29 is 5.11 Å². The molecule has 0 spiro atoms. The monoisotopic (exact) mass is 251 g/mol. The minimum absolute atomic E-state index is 0.204. The molecule has 1 aromatic rings. The molecule has 0 amide bonds. The molecule has 0 aromatic carbocycles. The summed E-state index contributed by atoms with van der Waals surface area (Å²) in [5.41, 5.74) is 5.69. The van der Waals surface area contributed by atoms with Crippen molar-refractivity contribution in [3.05, 3.63) is 5.82 Å². The van der Waals surface area contributed by atoms with E-state index >= 15 is 0 Å². The van der Waals surface area contributed by atoms with Crippen molar-refractivity contribution in [1.82, 2.24) is 15.0 Å². The molecule has 1 aliphatic rings. The lowest BCUT2D eigenvalue weighted by molar-refractivity contribution is 0.222. The summed E-state index contributed by atoms with van der Waals surface area (Å²) >= 11 is 0. The molecule has 1 aliphatic carbocycles. The van der Waals surface area contributed by atoms with Gasteiger partial charge in [-0.2, -0.15) is 15.0 Å². The molecule has 18 heavy (non-hydrogen) atoms. The first-order chi connectivity index (χ1) is 8.60. The Morgan fingerprint density at radius 1 is 1.33 bits per heavy atom. The van der Waals surface area contributed by atoms with Gasteiger partial charge in [-0.1, -0.05) is 20.3 Å². The molecular weight excluding hydrogens is 230 g/mol. The number of hydrogen-bond acceptors (Lipinski definition) is 6. The fourth-order valence-electron chi connectivity index (χ4n) is 2.34. The van der Waals surface area contributed by atoms with E-state index in [4.69, 9.17) is 5.73 Å². The number of nitrogens with one attached hydrogen (secondary N) is 1. The molecule has 1 aromatic heterocycles. The van der Waals surface area contributed by atoms with Gasteiger partial charge in [-0.15, -0.1) is 0 Å². The summed E-state index contributed by atoms with van der Waals surface area (Å²) < 4.78 is 0. The topological polar surface area (TPSA) is 97.0 Å². The van der Waals surface area contributed by atoms with E-state index in [0.717, 1.165) is 19.3 Å². The SMILES string of the molecule is CC(C)c1nc(N)nc(NC2CCCC2CO)n1. The van der Waals surface area contributed by atoms with E-state index in [2.05, 4.69) is 20.3 Å². The minimum atomic E-state index is 0.204. The van der Waals surface area contributed by atoms with Gasteiger partial charge < -0.3 is 16.2 Å². The Hall–Kier alpha value is -1.43. The molecule has 2 atom stereocenters. The van der Waals surface area contributed by atoms with Gasteiger partial charge in [0.05, 0.1) is 0 Å². The van der Waals surface area contributed by atoms with Crippen molar-refractivity contribution in [2.75, 3.05) is 17.7 Å². The third kappa shape index (κ3) is 2.87. The Balaban J connectivity index is 2.13. The molecule has 6 nitrogen and oxygen atoms in total. The van der Waals surface area contributed by atoms with Crippen molar-refractivity contribution in [3.63, 3.8) is 0 Å². The number of rotatable bonds is 4. The quantitative estimate of drug-likeness (QED) is 0.742. The van der Waals surface area contributed by atoms with E-state index < -0.39 is 0 Å². The van der Waals surface area contributed by atoms with Gasteiger partial charge in [0.2, 0.25) is 11.9 Å². The second-order valence-electron chi connectivity index (χ2n) is 5.15. The second-order valence-corrected chi connectivity index (χ2v) is 5.15. The van der Waals surface area contributed by atoms with Crippen LogP contribution in [0.5, 0.6) is 0 Å². The van der Waals surface area contributed by atoms with E-state index in [1.807, 2.05) is 13.8 Å². The van der Waals surface area contributed by atoms with Gasteiger partial charge >= 0.3 is 0 Å². The predicted octanol–water partition coefficient (Wildman–Crippen LogP) is 1.15. The van der Waals surface area contributed by atoms with Crippen LogP contribution in [0.1, 0.15) is 44.9 Å². The molecule has 0 saturated heterocycles. The average Bonchev–Trinajstić information content (AvgIpc) is 2.75. The van der Waals surface area contributed by atoms with Crippen molar-refractivity contribution in [1.29, 1.82) is 0 Å². The molecule has 0 aliphatic heterocycles. The van der Waals surface area contributed by atoms with Gasteiger partial charge in [-0.05, 0) is 12.8 Å². The number of nitrogens with two attached hydrogens (primary N) is 1. The first-order valence-electron chi connectivity index (χ1n) is 6.49.